The number of anilines is 1. The third kappa shape index (κ3) is 3.15. The summed E-state index contributed by atoms with van der Waals surface area (Å²) in [6.45, 7) is 1.50. The predicted molar refractivity (Wildman–Crippen MR) is 53.8 cm³/mol. The van der Waals surface area contributed by atoms with E-state index in [2.05, 4.69) is 10.2 Å². The van der Waals surface area contributed by atoms with E-state index in [0.717, 1.165) is 18.6 Å². The van der Waals surface area contributed by atoms with Crippen molar-refractivity contribution in [2.24, 2.45) is 0 Å². The molecule has 0 aliphatic rings. The first-order valence-corrected chi connectivity index (χ1v) is 4.28. The Bertz CT molecular complexity index is 248. The van der Waals surface area contributed by atoms with Gasteiger partial charge in [-0.1, -0.05) is 18.2 Å². The van der Waals surface area contributed by atoms with Crippen LogP contribution < -0.4 is 10.2 Å². The zero-order valence-corrected chi connectivity index (χ0v) is 7.73. The Hall–Kier alpha value is -1.51. The number of likely N-dealkylation sites (N-methyl/N-ethyl adjacent to an activating group) is 1. The fraction of sp³-hybridized carbons (Fsp3) is 0.300. The maximum Gasteiger partial charge on any atom is 0.207 e. The van der Waals surface area contributed by atoms with Crippen LogP contribution in [0.2, 0.25) is 0 Å². The monoisotopic (exact) mass is 178 g/mol. The number of amides is 1. The van der Waals surface area contributed by atoms with Crippen molar-refractivity contribution < 1.29 is 4.79 Å². The van der Waals surface area contributed by atoms with E-state index in [-0.39, 0.29) is 0 Å². The van der Waals surface area contributed by atoms with E-state index in [4.69, 9.17) is 0 Å². The highest BCUT2D eigenvalue weighted by Gasteiger charge is 1.97. The molecule has 0 radical (unpaired) electrons. The summed E-state index contributed by atoms with van der Waals surface area (Å²) in [7, 11) is 2.00. The van der Waals surface area contributed by atoms with Gasteiger partial charge in [-0.3, -0.25) is 4.79 Å². The number of carbonyl (C=O) groups excluding carboxylic acids is 1. The molecule has 13 heavy (non-hydrogen) atoms. The summed E-state index contributed by atoms with van der Waals surface area (Å²) in [6, 6.07) is 10.1. The second-order valence-corrected chi connectivity index (χ2v) is 2.83. The zero-order valence-electron chi connectivity index (χ0n) is 7.73. The Morgan fingerprint density at radius 3 is 2.69 bits per heavy atom. The lowest BCUT2D eigenvalue weighted by Gasteiger charge is -2.18. The van der Waals surface area contributed by atoms with E-state index in [0.29, 0.717) is 6.54 Å². The topological polar surface area (TPSA) is 32.3 Å². The van der Waals surface area contributed by atoms with Gasteiger partial charge in [-0.2, -0.15) is 0 Å². The minimum Gasteiger partial charge on any atom is -0.373 e. The molecule has 1 aromatic rings. The highest BCUT2D eigenvalue weighted by molar-refractivity contribution is 5.47. The van der Waals surface area contributed by atoms with E-state index in [1.165, 1.54) is 0 Å². The van der Waals surface area contributed by atoms with Crippen molar-refractivity contribution in [1.82, 2.24) is 5.32 Å². The first-order chi connectivity index (χ1) is 6.34. The van der Waals surface area contributed by atoms with Crippen molar-refractivity contribution in [3.63, 3.8) is 0 Å². The zero-order chi connectivity index (χ0) is 9.52. The van der Waals surface area contributed by atoms with Crippen LogP contribution in [-0.4, -0.2) is 26.5 Å². The van der Waals surface area contributed by atoms with Gasteiger partial charge in [0.2, 0.25) is 6.41 Å². The van der Waals surface area contributed by atoms with Gasteiger partial charge in [0.15, 0.2) is 0 Å². The van der Waals surface area contributed by atoms with Gasteiger partial charge in [0.05, 0.1) is 0 Å². The molecule has 0 aromatic heterocycles. The molecule has 70 valence electrons. The summed E-state index contributed by atoms with van der Waals surface area (Å²) in [6.07, 6.45) is 0.721. The van der Waals surface area contributed by atoms with Crippen LogP contribution in [0.25, 0.3) is 0 Å². The highest BCUT2D eigenvalue weighted by atomic mass is 16.1. The molecule has 3 nitrogen and oxygen atoms in total. The van der Waals surface area contributed by atoms with Gasteiger partial charge in [-0.15, -0.1) is 0 Å². The van der Waals surface area contributed by atoms with Crippen LogP contribution in [0.5, 0.6) is 0 Å². The molecule has 0 saturated heterocycles. The molecule has 1 N–H and O–H groups in total. The van der Waals surface area contributed by atoms with Crippen molar-refractivity contribution in [2.75, 3.05) is 25.0 Å². The summed E-state index contributed by atoms with van der Waals surface area (Å²) in [5, 5.41) is 2.63. The summed E-state index contributed by atoms with van der Waals surface area (Å²) < 4.78 is 0. The second kappa shape index (κ2) is 5.19. The minimum atomic E-state index is 0.675. The van der Waals surface area contributed by atoms with E-state index >= 15 is 0 Å². The maximum absolute atomic E-state index is 9.99. The average Bonchev–Trinajstić information content (AvgIpc) is 2.19. The molecule has 0 heterocycles. The van der Waals surface area contributed by atoms with Crippen molar-refractivity contribution >= 4 is 12.1 Å². The lowest BCUT2D eigenvalue weighted by molar-refractivity contribution is -0.109. The molecule has 0 fully saturated rings. The lowest BCUT2D eigenvalue weighted by Crippen LogP contribution is -2.28. The smallest absolute Gasteiger partial charge is 0.207 e. The number of hydrogen-bond acceptors (Lipinski definition) is 2. The van der Waals surface area contributed by atoms with Crippen LogP contribution in [0, 0.1) is 0 Å². The number of benzene rings is 1. The van der Waals surface area contributed by atoms with Gasteiger partial charge < -0.3 is 10.2 Å². The molecule has 0 saturated carbocycles. The summed E-state index contributed by atoms with van der Waals surface area (Å²) in [5.74, 6) is 0. The Balaban J connectivity index is 2.39. The SMILES string of the molecule is CN(CCNC=O)c1ccccc1. The first-order valence-electron chi connectivity index (χ1n) is 4.28. The molecule has 3 heteroatoms. The molecular formula is C10H14N2O. The van der Waals surface area contributed by atoms with E-state index in [9.17, 15) is 4.79 Å². The molecule has 0 atom stereocenters. The number of rotatable bonds is 5. The predicted octanol–water partition coefficient (Wildman–Crippen LogP) is 0.869. The average molecular weight is 178 g/mol. The number of carbonyl (C=O) groups is 1. The molecule has 1 rings (SSSR count). The number of nitrogens with one attached hydrogen (secondary N) is 1. The molecule has 0 aliphatic carbocycles. The fourth-order valence-corrected chi connectivity index (χ4v) is 1.10. The quantitative estimate of drug-likeness (QED) is 0.536. The molecule has 1 aromatic carbocycles. The van der Waals surface area contributed by atoms with Crippen LogP contribution in [0.1, 0.15) is 0 Å². The van der Waals surface area contributed by atoms with Crippen LogP contribution in [0.4, 0.5) is 5.69 Å². The van der Waals surface area contributed by atoms with Gasteiger partial charge in [0, 0.05) is 25.8 Å². The normalized spacial score (nSPS) is 9.31. The first kappa shape index (κ1) is 9.58. The minimum absolute atomic E-state index is 0.675. The number of hydrogen-bond donors (Lipinski definition) is 1. The van der Waals surface area contributed by atoms with Crippen LogP contribution in [0.15, 0.2) is 30.3 Å². The third-order valence-corrected chi connectivity index (χ3v) is 1.87. The summed E-state index contributed by atoms with van der Waals surface area (Å²) in [5.41, 5.74) is 1.16. The van der Waals surface area contributed by atoms with Crippen LogP contribution in [0.3, 0.4) is 0 Å². The number of nitrogens with zero attached hydrogens (tertiary/aromatic N) is 1. The fourth-order valence-electron chi connectivity index (χ4n) is 1.10. The van der Waals surface area contributed by atoms with Gasteiger partial charge in [0.25, 0.3) is 0 Å². The van der Waals surface area contributed by atoms with Crippen LogP contribution >= 0.6 is 0 Å². The third-order valence-electron chi connectivity index (χ3n) is 1.87. The van der Waals surface area contributed by atoms with E-state index in [1.54, 1.807) is 0 Å². The molecule has 1 amide bonds. The second-order valence-electron chi connectivity index (χ2n) is 2.83. The Morgan fingerprint density at radius 2 is 2.08 bits per heavy atom. The Kier molecular flexibility index (Phi) is 3.82. The van der Waals surface area contributed by atoms with Crippen molar-refractivity contribution in [3.8, 4) is 0 Å². The molecule has 0 unspecified atom stereocenters. The van der Waals surface area contributed by atoms with Crippen molar-refractivity contribution in [2.45, 2.75) is 0 Å². The van der Waals surface area contributed by atoms with Crippen molar-refractivity contribution in [1.29, 1.82) is 0 Å². The largest absolute Gasteiger partial charge is 0.373 e. The highest BCUT2D eigenvalue weighted by Crippen LogP contribution is 2.09. The van der Waals surface area contributed by atoms with Gasteiger partial charge in [-0.05, 0) is 12.1 Å². The Morgan fingerprint density at radius 1 is 1.38 bits per heavy atom. The summed E-state index contributed by atoms with van der Waals surface area (Å²) >= 11 is 0. The molecule has 0 aliphatic heterocycles. The Labute approximate surface area is 78.4 Å². The lowest BCUT2D eigenvalue weighted by atomic mass is 10.3. The molecule has 0 bridgehead atoms. The summed E-state index contributed by atoms with van der Waals surface area (Å²) in [4.78, 5) is 12.1. The molecular weight excluding hydrogens is 164 g/mol. The maximum atomic E-state index is 9.99. The number of para-hydroxylation sites is 1. The molecule has 0 spiro atoms. The van der Waals surface area contributed by atoms with Crippen molar-refractivity contribution in [3.05, 3.63) is 30.3 Å². The van der Waals surface area contributed by atoms with Crippen LogP contribution in [-0.2, 0) is 4.79 Å². The van der Waals surface area contributed by atoms with Gasteiger partial charge in [0.1, 0.15) is 0 Å². The van der Waals surface area contributed by atoms with Gasteiger partial charge in [-0.25, -0.2) is 0 Å². The van der Waals surface area contributed by atoms with E-state index < -0.39 is 0 Å². The van der Waals surface area contributed by atoms with Gasteiger partial charge >= 0.3 is 0 Å². The van der Waals surface area contributed by atoms with E-state index in [1.807, 2.05) is 37.4 Å². The standard InChI is InChI=1S/C10H14N2O/c1-12(8-7-11-9-13)10-5-3-2-4-6-10/h2-6,9H,7-8H2,1H3,(H,11,13).